The molecule has 0 radical (unpaired) electrons. The Labute approximate surface area is 156 Å². The van der Waals surface area contributed by atoms with Crippen molar-refractivity contribution in [3.05, 3.63) is 29.8 Å². The van der Waals surface area contributed by atoms with Crippen LogP contribution in [-0.2, 0) is 9.59 Å². The summed E-state index contributed by atoms with van der Waals surface area (Å²) in [5.74, 6) is 1.43. The van der Waals surface area contributed by atoms with Crippen molar-refractivity contribution in [2.45, 2.75) is 58.0 Å². The van der Waals surface area contributed by atoms with Crippen LogP contribution < -0.4 is 4.74 Å². The minimum atomic E-state index is -0.255. The van der Waals surface area contributed by atoms with Crippen LogP contribution in [0.15, 0.2) is 24.3 Å². The van der Waals surface area contributed by atoms with Crippen molar-refractivity contribution in [2.24, 2.45) is 0 Å². The average Bonchev–Trinajstić information content (AvgIpc) is 2.63. The standard InChI is InChI=1S/C21H30N2O3/c1-4-22(5-2)20(25)14-17-15-21(10-12-23(13-11-21)16(3)24)26-19-9-7-6-8-18(17)19/h6-9,17H,4-5,10-15H2,1-3H3/t17-/m0/s1. The summed E-state index contributed by atoms with van der Waals surface area (Å²) in [7, 11) is 0. The number of rotatable bonds is 4. The van der Waals surface area contributed by atoms with E-state index in [-0.39, 0.29) is 23.3 Å². The molecule has 0 aromatic heterocycles. The zero-order chi connectivity index (χ0) is 18.7. The fraction of sp³-hybridized carbons (Fsp3) is 0.619. The van der Waals surface area contributed by atoms with Gasteiger partial charge in [-0.2, -0.15) is 0 Å². The van der Waals surface area contributed by atoms with Crippen LogP contribution in [0.2, 0.25) is 0 Å². The van der Waals surface area contributed by atoms with E-state index in [1.807, 2.05) is 41.8 Å². The summed E-state index contributed by atoms with van der Waals surface area (Å²) >= 11 is 0. The molecule has 0 aliphatic carbocycles. The Morgan fingerprint density at radius 2 is 1.85 bits per heavy atom. The van der Waals surface area contributed by atoms with Crippen LogP contribution in [0.3, 0.4) is 0 Å². The first kappa shape index (κ1) is 18.7. The maximum Gasteiger partial charge on any atom is 0.223 e. The molecule has 5 heteroatoms. The Morgan fingerprint density at radius 1 is 1.19 bits per heavy atom. The summed E-state index contributed by atoms with van der Waals surface area (Å²) in [6.45, 7) is 8.64. The molecule has 2 heterocycles. The molecule has 26 heavy (non-hydrogen) atoms. The lowest BCUT2D eigenvalue weighted by Gasteiger charge is -2.47. The highest BCUT2D eigenvalue weighted by Crippen LogP contribution is 2.46. The second-order valence-corrected chi connectivity index (χ2v) is 7.50. The van der Waals surface area contributed by atoms with Crippen molar-refractivity contribution in [3.63, 3.8) is 0 Å². The fourth-order valence-electron chi connectivity index (χ4n) is 4.38. The third-order valence-electron chi connectivity index (χ3n) is 5.96. The second-order valence-electron chi connectivity index (χ2n) is 7.50. The number of fused-ring (bicyclic) bond motifs is 1. The fourth-order valence-corrected chi connectivity index (χ4v) is 4.38. The number of carbonyl (C=O) groups is 2. The maximum absolute atomic E-state index is 12.7. The van der Waals surface area contributed by atoms with Gasteiger partial charge < -0.3 is 14.5 Å². The molecule has 1 fully saturated rings. The van der Waals surface area contributed by atoms with Crippen molar-refractivity contribution >= 4 is 11.8 Å². The number of ether oxygens (including phenoxy) is 1. The lowest BCUT2D eigenvalue weighted by atomic mass is 9.76. The molecule has 1 saturated heterocycles. The third kappa shape index (κ3) is 3.71. The zero-order valence-electron chi connectivity index (χ0n) is 16.2. The number of carbonyl (C=O) groups excluding carboxylic acids is 2. The number of benzene rings is 1. The SMILES string of the molecule is CCN(CC)C(=O)C[C@H]1CC2(CCN(C(C)=O)CC2)Oc2ccccc21. The van der Waals surface area contributed by atoms with E-state index in [0.29, 0.717) is 6.42 Å². The quantitative estimate of drug-likeness (QED) is 0.830. The number of hydrogen-bond acceptors (Lipinski definition) is 3. The number of piperidine rings is 1. The molecule has 1 aromatic rings. The van der Waals surface area contributed by atoms with Crippen LogP contribution in [0, 0.1) is 0 Å². The molecule has 0 saturated carbocycles. The number of nitrogens with zero attached hydrogens (tertiary/aromatic N) is 2. The van der Waals surface area contributed by atoms with E-state index >= 15 is 0 Å². The van der Waals surface area contributed by atoms with Gasteiger partial charge in [0.2, 0.25) is 11.8 Å². The largest absolute Gasteiger partial charge is 0.487 e. The Hall–Kier alpha value is -2.04. The highest BCUT2D eigenvalue weighted by Gasteiger charge is 2.44. The predicted molar refractivity (Wildman–Crippen MR) is 101 cm³/mol. The first-order chi connectivity index (χ1) is 12.5. The Morgan fingerprint density at radius 3 is 2.46 bits per heavy atom. The van der Waals surface area contributed by atoms with Gasteiger partial charge in [-0.1, -0.05) is 18.2 Å². The van der Waals surface area contributed by atoms with E-state index in [4.69, 9.17) is 4.74 Å². The van der Waals surface area contributed by atoms with Gasteiger partial charge in [-0.3, -0.25) is 9.59 Å². The third-order valence-corrected chi connectivity index (χ3v) is 5.96. The lowest BCUT2D eigenvalue weighted by Crippen LogP contribution is -2.51. The van der Waals surface area contributed by atoms with Gasteiger partial charge in [0.05, 0.1) is 0 Å². The minimum Gasteiger partial charge on any atom is -0.487 e. The van der Waals surface area contributed by atoms with Gasteiger partial charge in [0.25, 0.3) is 0 Å². The minimum absolute atomic E-state index is 0.129. The van der Waals surface area contributed by atoms with E-state index < -0.39 is 0 Å². The molecular weight excluding hydrogens is 328 g/mol. The van der Waals surface area contributed by atoms with Crippen molar-refractivity contribution < 1.29 is 14.3 Å². The molecule has 1 atom stereocenters. The lowest BCUT2D eigenvalue weighted by molar-refractivity contribution is -0.133. The molecule has 2 aliphatic heterocycles. The Balaban J connectivity index is 1.81. The van der Waals surface area contributed by atoms with Crippen LogP contribution in [0.5, 0.6) is 5.75 Å². The first-order valence-corrected chi connectivity index (χ1v) is 9.79. The van der Waals surface area contributed by atoms with Crippen LogP contribution in [0.25, 0.3) is 0 Å². The molecule has 0 bridgehead atoms. The molecule has 2 aliphatic rings. The summed E-state index contributed by atoms with van der Waals surface area (Å²) in [4.78, 5) is 28.2. The van der Waals surface area contributed by atoms with E-state index in [9.17, 15) is 9.59 Å². The zero-order valence-corrected chi connectivity index (χ0v) is 16.2. The molecule has 1 aromatic carbocycles. The van der Waals surface area contributed by atoms with Gasteiger partial charge in [-0.25, -0.2) is 0 Å². The monoisotopic (exact) mass is 358 g/mol. The van der Waals surface area contributed by atoms with Crippen LogP contribution in [-0.4, -0.2) is 53.4 Å². The van der Waals surface area contributed by atoms with Gasteiger partial charge in [0.15, 0.2) is 0 Å². The summed E-state index contributed by atoms with van der Waals surface area (Å²) in [6, 6.07) is 8.12. The number of likely N-dealkylation sites (tertiary alicyclic amines) is 1. The van der Waals surface area contributed by atoms with Gasteiger partial charge in [-0.05, 0) is 31.9 Å². The summed E-state index contributed by atoms with van der Waals surface area (Å²) in [5.41, 5.74) is 0.891. The highest BCUT2D eigenvalue weighted by atomic mass is 16.5. The van der Waals surface area contributed by atoms with E-state index in [0.717, 1.165) is 56.8 Å². The number of amides is 2. The Kier molecular flexibility index (Phi) is 5.54. The average molecular weight is 358 g/mol. The van der Waals surface area contributed by atoms with Gasteiger partial charge >= 0.3 is 0 Å². The molecular formula is C21H30N2O3. The second kappa shape index (κ2) is 7.68. The van der Waals surface area contributed by atoms with Gasteiger partial charge in [0, 0.05) is 58.3 Å². The molecule has 0 N–H and O–H groups in total. The van der Waals surface area contributed by atoms with Crippen LogP contribution >= 0.6 is 0 Å². The normalized spacial score (nSPS) is 21.0. The Bertz CT molecular complexity index is 661. The summed E-state index contributed by atoms with van der Waals surface area (Å²) in [6.07, 6.45) is 3.04. The maximum atomic E-state index is 12.7. The van der Waals surface area contributed by atoms with E-state index in [1.54, 1.807) is 6.92 Å². The van der Waals surface area contributed by atoms with Crippen molar-refractivity contribution in [1.82, 2.24) is 9.80 Å². The summed E-state index contributed by atoms with van der Waals surface area (Å²) in [5, 5.41) is 0. The molecule has 142 valence electrons. The molecule has 3 rings (SSSR count). The van der Waals surface area contributed by atoms with Crippen molar-refractivity contribution in [2.75, 3.05) is 26.2 Å². The smallest absolute Gasteiger partial charge is 0.223 e. The van der Waals surface area contributed by atoms with Crippen molar-refractivity contribution in [3.8, 4) is 5.75 Å². The predicted octanol–water partition coefficient (Wildman–Crippen LogP) is 3.19. The number of hydrogen-bond donors (Lipinski definition) is 0. The molecule has 0 unspecified atom stereocenters. The van der Waals surface area contributed by atoms with Crippen LogP contribution in [0.4, 0.5) is 0 Å². The van der Waals surface area contributed by atoms with E-state index in [1.165, 1.54) is 0 Å². The molecule has 5 nitrogen and oxygen atoms in total. The molecule has 2 amide bonds. The summed E-state index contributed by atoms with van der Waals surface area (Å²) < 4.78 is 6.45. The first-order valence-electron chi connectivity index (χ1n) is 9.79. The van der Waals surface area contributed by atoms with E-state index in [2.05, 4.69) is 6.07 Å². The number of para-hydroxylation sites is 1. The van der Waals surface area contributed by atoms with Crippen molar-refractivity contribution in [1.29, 1.82) is 0 Å². The topological polar surface area (TPSA) is 49.9 Å². The highest BCUT2D eigenvalue weighted by molar-refractivity contribution is 5.77. The molecule has 1 spiro atoms. The van der Waals surface area contributed by atoms with Crippen LogP contribution in [0.1, 0.15) is 57.9 Å². The van der Waals surface area contributed by atoms with Gasteiger partial charge in [0.1, 0.15) is 11.4 Å². The van der Waals surface area contributed by atoms with Gasteiger partial charge in [-0.15, -0.1) is 0 Å².